The largest absolute Gasteiger partial charge is 0.433 e. The number of rotatable bonds is 5. The molecule has 0 fully saturated rings. The Kier molecular flexibility index (Phi) is 4.61. The third-order valence-electron chi connectivity index (χ3n) is 2.35. The highest BCUT2D eigenvalue weighted by Gasteiger charge is 2.13. The van der Waals surface area contributed by atoms with Gasteiger partial charge in [0.2, 0.25) is 0 Å². The topological polar surface area (TPSA) is 100 Å². The van der Waals surface area contributed by atoms with Crippen LogP contribution in [0.4, 0.5) is 9.18 Å². The zero-order chi connectivity index (χ0) is 15.2. The molecule has 1 N–H and O–H groups in total. The van der Waals surface area contributed by atoms with E-state index in [2.05, 4.69) is 20.6 Å². The molecule has 2 rings (SSSR count). The van der Waals surface area contributed by atoms with Gasteiger partial charge in [-0.25, -0.2) is 14.0 Å². The molecule has 112 valence electrons. The van der Waals surface area contributed by atoms with Gasteiger partial charge in [-0.15, -0.1) is 0 Å². The molecular weight excluding hydrogens is 285 g/mol. The van der Waals surface area contributed by atoms with Crippen LogP contribution >= 0.6 is 0 Å². The van der Waals surface area contributed by atoms with Gasteiger partial charge in [-0.3, -0.25) is 4.84 Å². The molecule has 0 saturated carbocycles. The van der Waals surface area contributed by atoms with E-state index >= 15 is 0 Å². The van der Waals surface area contributed by atoms with Crippen molar-refractivity contribution in [3.63, 3.8) is 0 Å². The fraction of sp³-hybridized carbons (Fsp3) is 0.273. The molecule has 10 heteroatoms. The molecule has 0 radical (unpaired) electrons. The molecule has 0 spiro atoms. The third kappa shape index (κ3) is 3.63. The van der Waals surface area contributed by atoms with E-state index in [1.807, 2.05) is 0 Å². The fourth-order valence-electron chi connectivity index (χ4n) is 1.43. The lowest BCUT2D eigenvalue weighted by Crippen LogP contribution is -2.39. The second-order valence-corrected chi connectivity index (χ2v) is 3.82. The molecule has 2 aromatic rings. The molecular formula is C11H12FN5O4. The SMILES string of the molecule is COCCNC(=O)On1nnn(-c2cccc(F)c2)c1=O. The van der Waals surface area contributed by atoms with Crippen LogP contribution in [0.5, 0.6) is 0 Å². The number of halogens is 1. The number of carbonyl (C=O) groups excluding carboxylic acids is 1. The molecule has 1 aromatic heterocycles. The number of ether oxygens (including phenoxy) is 1. The van der Waals surface area contributed by atoms with E-state index in [9.17, 15) is 14.0 Å². The van der Waals surface area contributed by atoms with Gasteiger partial charge in [0.1, 0.15) is 5.82 Å². The first-order valence-corrected chi connectivity index (χ1v) is 5.88. The number of nitrogens with zero attached hydrogens (tertiary/aromatic N) is 4. The first-order valence-electron chi connectivity index (χ1n) is 5.88. The minimum Gasteiger partial charge on any atom is -0.383 e. The molecule has 0 aliphatic heterocycles. The Morgan fingerprint density at radius 1 is 1.43 bits per heavy atom. The first kappa shape index (κ1) is 14.7. The van der Waals surface area contributed by atoms with Crippen molar-refractivity contribution in [2.24, 2.45) is 0 Å². The van der Waals surface area contributed by atoms with Crippen molar-refractivity contribution in [2.45, 2.75) is 0 Å². The van der Waals surface area contributed by atoms with Crippen molar-refractivity contribution < 1.29 is 18.8 Å². The summed E-state index contributed by atoms with van der Waals surface area (Å²) in [7, 11) is 1.47. The van der Waals surface area contributed by atoms with Crippen molar-refractivity contribution in [1.82, 2.24) is 25.3 Å². The number of tetrazole rings is 1. The van der Waals surface area contributed by atoms with Gasteiger partial charge < -0.3 is 10.1 Å². The van der Waals surface area contributed by atoms with Crippen molar-refractivity contribution in [1.29, 1.82) is 0 Å². The Balaban J connectivity index is 2.10. The van der Waals surface area contributed by atoms with Gasteiger partial charge >= 0.3 is 11.8 Å². The summed E-state index contributed by atoms with van der Waals surface area (Å²) >= 11 is 0. The summed E-state index contributed by atoms with van der Waals surface area (Å²) in [5.74, 6) is -0.535. The molecule has 0 saturated heterocycles. The van der Waals surface area contributed by atoms with Crippen LogP contribution in [0.15, 0.2) is 29.1 Å². The molecule has 0 aliphatic carbocycles. The fourth-order valence-corrected chi connectivity index (χ4v) is 1.43. The minimum absolute atomic E-state index is 0.162. The lowest BCUT2D eigenvalue weighted by Gasteiger charge is -2.02. The number of methoxy groups -OCH3 is 1. The summed E-state index contributed by atoms with van der Waals surface area (Å²) in [6, 6.07) is 5.19. The summed E-state index contributed by atoms with van der Waals surface area (Å²) in [4.78, 5) is 28.3. The lowest BCUT2D eigenvalue weighted by molar-refractivity contribution is 0.105. The molecule has 1 heterocycles. The van der Waals surface area contributed by atoms with Gasteiger partial charge in [0.25, 0.3) is 0 Å². The van der Waals surface area contributed by atoms with Crippen LogP contribution in [0.2, 0.25) is 0 Å². The van der Waals surface area contributed by atoms with Gasteiger partial charge in [0.05, 0.1) is 12.3 Å². The Hall–Kier alpha value is -2.75. The summed E-state index contributed by atoms with van der Waals surface area (Å²) < 4.78 is 18.6. The molecule has 0 bridgehead atoms. The number of amides is 1. The second-order valence-electron chi connectivity index (χ2n) is 3.82. The number of aromatic nitrogens is 4. The molecule has 0 unspecified atom stereocenters. The quantitative estimate of drug-likeness (QED) is 0.581. The average molecular weight is 297 g/mol. The van der Waals surface area contributed by atoms with E-state index in [1.165, 1.54) is 25.3 Å². The van der Waals surface area contributed by atoms with E-state index in [-0.39, 0.29) is 12.2 Å². The van der Waals surface area contributed by atoms with E-state index in [0.29, 0.717) is 11.5 Å². The molecule has 1 amide bonds. The summed E-state index contributed by atoms with van der Waals surface area (Å²) in [5, 5.41) is 9.20. The van der Waals surface area contributed by atoms with Crippen molar-refractivity contribution in [2.75, 3.05) is 20.3 Å². The molecule has 0 atom stereocenters. The summed E-state index contributed by atoms with van der Waals surface area (Å²) in [6.07, 6.45) is -0.888. The lowest BCUT2D eigenvalue weighted by atomic mass is 10.3. The zero-order valence-corrected chi connectivity index (χ0v) is 11.0. The van der Waals surface area contributed by atoms with Gasteiger partial charge in [-0.05, 0) is 33.5 Å². The van der Waals surface area contributed by atoms with Crippen LogP contribution < -0.4 is 15.8 Å². The highest BCUT2D eigenvalue weighted by molar-refractivity contribution is 5.67. The molecule has 0 aliphatic rings. The van der Waals surface area contributed by atoms with Crippen molar-refractivity contribution in [3.8, 4) is 5.69 Å². The highest BCUT2D eigenvalue weighted by atomic mass is 19.1. The van der Waals surface area contributed by atoms with Crippen molar-refractivity contribution >= 4 is 6.09 Å². The normalized spacial score (nSPS) is 10.4. The number of nitrogens with one attached hydrogen (secondary N) is 1. The van der Waals surface area contributed by atoms with Gasteiger partial charge in [-0.1, -0.05) is 6.07 Å². The molecule has 1 aromatic carbocycles. The zero-order valence-electron chi connectivity index (χ0n) is 11.0. The van der Waals surface area contributed by atoms with E-state index < -0.39 is 17.6 Å². The number of benzene rings is 1. The minimum atomic E-state index is -0.888. The number of carbonyl (C=O) groups is 1. The molecule has 21 heavy (non-hydrogen) atoms. The van der Waals surface area contributed by atoms with Crippen LogP contribution in [-0.2, 0) is 4.74 Å². The number of hydrogen-bond acceptors (Lipinski definition) is 6. The van der Waals surface area contributed by atoms with E-state index in [0.717, 1.165) is 10.7 Å². The van der Waals surface area contributed by atoms with Crippen LogP contribution in [0, 0.1) is 5.82 Å². The Morgan fingerprint density at radius 2 is 2.24 bits per heavy atom. The monoisotopic (exact) mass is 297 g/mol. The average Bonchev–Trinajstić information content (AvgIpc) is 2.80. The second kappa shape index (κ2) is 6.61. The van der Waals surface area contributed by atoms with Crippen LogP contribution in [0.25, 0.3) is 5.69 Å². The summed E-state index contributed by atoms with van der Waals surface area (Å²) in [5.41, 5.74) is -0.683. The Labute approximate surface area is 117 Å². The maximum Gasteiger partial charge on any atom is 0.433 e. The Morgan fingerprint density at radius 3 is 2.95 bits per heavy atom. The van der Waals surface area contributed by atoms with Crippen molar-refractivity contribution in [3.05, 3.63) is 40.6 Å². The van der Waals surface area contributed by atoms with E-state index in [1.54, 1.807) is 0 Å². The van der Waals surface area contributed by atoms with Gasteiger partial charge in [0.15, 0.2) is 0 Å². The van der Waals surface area contributed by atoms with Crippen LogP contribution in [-0.4, -0.2) is 46.3 Å². The van der Waals surface area contributed by atoms with Gasteiger partial charge in [-0.2, -0.15) is 4.68 Å². The highest BCUT2D eigenvalue weighted by Crippen LogP contribution is 2.05. The van der Waals surface area contributed by atoms with Crippen LogP contribution in [0.1, 0.15) is 0 Å². The maximum absolute atomic E-state index is 13.1. The smallest absolute Gasteiger partial charge is 0.383 e. The predicted molar refractivity (Wildman–Crippen MR) is 67.4 cm³/mol. The van der Waals surface area contributed by atoms with Crippen LogP contribution in [0.3, 0.4) is 0 Å². The standard InChI is InChI=1S/C11H12FN5O4/c1-20-6-5-13-10(18)21-17-11(19)16(14-15-17)9-4-2-3-8(12)7-9/h2-4,7H,5-6H2,1H3,(H,13,18). The number of hydrogen-bond donors (Lipinski definition) is 1. The first-order chi connectivity index (χ1) is 10.1. The van der Waals surface area contributed by atoms with E-state index in [4.69, 9.17) is 4.74 Å². The predicted octanol–water partition coefficient (Wildman–Crippen LogP) is -0.647. The summed E-state index contributed by atoms with van der Waals surface area (Å²) in [6.45, 7) is 0.502. The molecule has 9 nitrogen and oxygen atoms in total. The Bertz CT molecular complexity index is 683. The van der Waals surface area contributed by atoms with Gasteiger partial charge in [0, 0.05) is 13.7 Å². The third-order valence-corrected chi connectivity index (χ3v) is 2.35. The maximum atomic E-state index is 13.1.